The number of morpholine rings is 1. The lowest BCUT2D eigenvalue weighted by molar-refractivity contribution is -0.384. The summed E-state index contributed by atoms with van der Waals surface area (Å²) in [6, 6.07) is 3.33. The van der Waals surface area contributed by atoms with Crippen molar-refractivity contribution < 1.29 is 26.5 Å². The van der Waals surface area contributed by atoms with E-state index in [1.165, 1.54) is 16.4 Å². The molecule has 1 aromatic carbocycles. The van der Waals surface area contributed by atoms with Crippen molar-refractivity contribution >= 4 is 31.4 Å². The van der Waals surface area contributed by atoms with Gasteiger partial charge in [-0.3, -0.25) is 10.1 Å². The number of primary sulfonamides is 1. The summed E-state index contributed by atoms with van der Waals surface area (Å²) in [4.78, 5) is 10.1. The van der Waals surface area contributed by atoms with Crippen molar-refractivity contribution in [3.8, 4) is 0 Å². The van der Waals surface area contributed by atoms with E-state index < -0.39 is 30.7 Å². The summed E-state index contributed by atoms with van der Waals surface area (Å²) in [5, 5.41) is 19.0. The van der Waals surface area contributed by atoms with Gasteiger partial charge in [-0.2, -0.15) is 4.31 Å². The highest BCUT2D eigenvalue weighted by molar-refractivity contribution is 7.89. The maximum atomic E-state index is 11.6. The molecular weight excluding hydrogens is 388 g/mol. The molecule has 2 rings (SSSR count). The summed E-state index contributed by atoms with van der Waals surface area (Å²) >= 11 is 0. The third-order valence-corrected chi connectivity index (χ3v) is 6.03. The summed E-state index contributed by atoms with van der Waals surface area (Å²) in [5.74, 6) is 0. The average Bonchev–Trinajstić information content (AvgIpc) is 2.53. The monoisotopic (exact) mass is 408 g/mol. The van der Waals surface area contributed by atoms with E-state index in [1.807, 2.05) is 0 Å². The van der Waals surface area contributed by atoms with E-state index in [1.54, 1.807) is 0 Å². The molecule has 3 N–H and O–H groups in total. The largest absolute Gasteiger partial charge is 0.379 e. The standard InChI is InChI=1S/C13H20N4O7S2/c1-25(20,21)16-6-7-24-10(9-16)4-5-15-12-3-2-11(26(14,22)23)8-13(12)17(18)19/h2-3,8,10,15H,4-7,9H2,1H3,(H2,14,22,23). The van der Waals surface area contributed by atoms with Gasteiger partial charge in [-0.05, 0) is 18.6 Å². The third-order valence-electron chi connectivity index (χ3n) is 3.85. The van der Waals surface area contributed by atoms with Crippen LogP contribution in [0.4, 0.5) is 11.4 Å². The van der Waals surface area contributed by atoms with Crippen LogP contribution in [0.15, 0.2) is 23.1 Å². The van der Waals surface area contributed by atoms with E-state index in [4.69, 9.17) is 9.88 Å². The Morgan fingerprint density at radius 1 is 1.38 bits per heavy atom. The van der Waals surface area contributed by atoms with Crippen LogP contribution in [0, 0.1) is 10.1 Å². The lowest BCUT2D eigenvalue weighted by atomic mass is 10.2. The number of nitrogens with one attached hydrogen (secondary N) is 1. The lowest BCUT2D eigenvalue weighted by Crippen LogP contribution is -2.45. The maximum absolute atomic E-state index is 11.6. The van der Waals surface area contributed by atoms with E-state index in [2.05, 4.69) is 5.32 Å². The van der Waals surface area contributed by atoms with Gasteiger partial charge in [0.05, 0.1) is 28.8 Å². The summed E-state index contributed by atoms with van der Waals surface area (Å²) < 4.78 is 52.6. The van der Waals surface area contributed by atoms with Crippen molar-refractivity contribution in [2.75, 3.05) is 37.8 Å². The van der Waals surface area contributed by atoms with E-state index in [9.17, 15) is 26.9 Å². The van der Waals surface area contributed by atoms with Crippen LogP contribution >= 0.6 is 0 Å². The molecule has 1 fully saturated rings. The highest BCUT2D eigenvalue weighted by atomic mass is 32.2. The minimum absolute atomic E-state index is 0.137. The van der Waals surface area contributed by atoms with Crippen LogP contribution < -0.4 is 10.5 Å². The molecule has 0 spiro atoms. The van der Waals surface area contributed by atoms with E-state index >= 15 is 0 Å². The second-order valence-electron chi connectivity index (χ2n) is 5.81. The average molecular weight is 408 g/mol. The number of nitrogens with zero attached hydrogens (tertiary/aromatic N) is 2. The molecule has 0 amide bonds. The molecule has 11 nitrogen and oxygen atoms in total. The molecule has 26 heavy (non-hydrogen) atoms. The summed E-state index contributed by atoms with van der Waals surface area (Å²) in [6.45, 7) is 1.06. The molecule has 1 aliphatic rings. The van der Waals surface area contributed by atoms with Gasteiger partial charge < -0.3 is 10.1 Å². The van der Waals surface area contributed by atoms with Gasteiger partial charge in [0.25, 0.3) is 5.69 Å². The predicted octanol–water partition coefficient (Wildman–Crippen LogP) is -0.295. The zero-order valence-electron chi connectivity index (χ0n) is 14.0. The van der Waals surface area contributed by atoms with E-state index in [0.29, 0.717) is 13.0 Å². The molecule has 1 saturated heterocycles. The molecule has 1 aliphatic heterocycles. The number of nitro benzene ring substituents is 1. The van der Waals surface area contributed by atoms with Crippen LogP contribution in [-0.4, -0.2) is 64.7 Å². The number of hydrogen-bond donors (Lipinski definition) is 2. The first-order valence-corrected chi connectivity index (χ1v) is 11.0. The number of hydrogen-bond acceptors (Lipinski definition) is 8. The molecule has 1 atom stereocenters. The third kappa shape index (κ3) is 5.35. The Hall–Kier alpha value is -1.80. The van der Waals surface area contributed by atoms with Gasteiger partial charge in [-0.1, -0.05) is 0 Å². The van der Waals surface area contributed by atoms with Crippen LogP contribution in [-0.2, 0) is 24.8 Å². The number of sulfonamides is 2. The molecule has 0 aliphatic carbocycles. The Labute approximate surface area is 151 Å². The molecule has 1 unspecified atom stereocenters. The SMILES string of the molecule is CS(=O)(=O)N1CCOC(CCNc2ccc(S(N)(=O)=O)cc2[N+](=O)[O-])C1. The second-order valence-corrected chi connectivity index (χ2v) is 9.35. The van der Waals surface area contributed by atoms with Crippen molar-refractivity contribution in [2.24, 2.45) is 5.14 Å². The first kappa shape index (κ1) is 20.5. The van der Waals surface area contributed by atoms with Gasteiger partial charge in [0.1, 0.15) is 5.69 Å². The van der Waals surface area contributed by atoms with Crippen LogP contribution in [0.25, 0.3) is 0 Å². The van der Waals surface area contributed by atoms with Gasteiger partial charge in [0, 0.05) is 25.7 Å². The summed E-state index contributed by atoms with van der Waals surface area (Å²) in [5.41, 5.74) is -0.281. The number of anilines is 1. The Kier molecular flexibility index (Phi) is 6.18. The predicted molar refractivity (Wildman–Crippen MR) is 93.7 cm³/mol. The molecule has 1 heterocycles. The fraction of sp³-hybridized carbons (Fsp3) is 0.538. The van der Waals surface area contributed by atoms with Crippen molar-refractivity contribution in [3.05, 3.63) is 28.3 Å². The van der Waals surface area contributed by atoms with Crippen LogP contribution in [0.2, 0.25) is 0 Å². The Morgan fingerprint density at radius 2 is 2.08 bits per heavy atom. The summed E-state index contributed by atoms with van der Waals surface area (Å²) in [7, 11) is -7.35. The zero-order valence-corrected chi connectivity index (χ0v) is 15.6. The lowest BCUT2D eigenvalue weighted by Gasteiger charge is -2.31. The maximum Gasteiger partial charge on any atom is 0.293 e. The molecule has 0 saturated carbocycles. The van der Waals surface area contributed by atoms with Crippen molar-refractivity contribution in [1.29, 1.82) is 0 Å². The fourth-order valence-corrected chi connectivity index (χ4v) is 3.90. The fourth-order valence-electron chi connectivity index (χ4n) is 2.52. The van der Waals surface area contributed by atoms with Gasteiger partial charge in [0.15, 0.2) is 0 Å². The van der Waals surface area contributed by atoms with Crippen molar-refractivity contribution in [2.45, 2.75) is 17.4 Å². The number of nitro groups is 1. The highest BCUT2D eigenvalue weighted by Crippen LogP contribution is 2.27. The minimum atomic E-state index is -4.05. The van der Waals surface area contributed by atoms with E-state index in [0.717, 1.165) is 12.3 Å². The molecule has 0 radical (unpaired) electrons. The van der Waals surface area contributed by atoms with Crippen LogP contribution in [0.5, 0.6) is 0 Å². The van der Waals surface area contributed by atoms with E-state index in [-0.39, 0.29) is 36.4 Å². The topological polar surface area (TPSA) is 162 Å². The minimum Gasteiger partial charge on any atom is -0.379 e. The van der Waals surface area contributed by atoms with Crippen LogP contribution in [0.3, 0.4) is 0 Å². The van der Waals surface area contributed by atoms with Gasteiger partial charge in [0.2, 0.25) is 20.0 Å². The number of nitrogens with two attached hydrogens (primary N) is 1. The quantitative estimate of drug-likeness (QED) is 0.459. The number of ether oxygens (including phenoxy) is 1. The van der Waals surface area contributed by atoms with Gasteiger partial charge in [-0.15, -0.1) is 0 Å². The Balaban J connectivity index is 2.02. The molecule has 13 heteroatoms. The Bertz CT molecular complexity index is 886. The number of rotatable bonds is 7. The summed E-state index contributed by atoms with van der Waals surface area (Å²) in [6.07, 6.45) is 1.21. The molecule has 0 aromatic heterocycles. The smallest absolute Gasteiger partial charge is 0.293 e. The van der Waals surface area contributed by atoms with Gasteiger partial charge >= 0.3 is 0 Å². The van der Waals surface area contributed by atoms with Gasteiger partial charge in [-0.25, -0.2) is 22.0 Å². The Morgan fingerprint density at radius 3 is 2.65 bits per heavy atom. The second kappa shape index (κ2) is 7.84. The highest BCUT2D eigenvalue weighted by Gasteiger charge is 2.26. The van der Waals surface area contributed by atoms with Crippen molar-refractivity contribution in [3.63, 3.8) is 0 Å². The molecule has 0 bridgehead atoms. The molecule has 1 aromatic rings. The first-order chi connectivity index (χ1) is 12.0. The zero-order chi connectivity index (χ0) is 19.5. The molecule has 146 valence electrons. The van der Waals surface area contributed by atoms with Crippen LogP contribution in [0.1, 0.15) is 6.42 Å². The van der Waals surface area contributed by atoms with Crippen molar-refractivity contribution in [1.82, 2.24) is 4.31 Å². The number of benzene rings is 1. The first-order valence-electron chi connectivity index (χ1n) is 7.60. The normalized spacial score (nSPS) is 19.2. The molecular formula is C13H20N4O7S2.